The van der Waals surface area contributed by atoms with Crippen LogP contribution in [0, 0.1) is 10.1 Å². The van der Waals surface area contributed by atoms with Crippen molar-refractivity contribution in [1.82, 2.24) is 4.98 Å². The van der Waals surface area contributed by atoms with Gasteiger partial charge in [0, 0.05) is 18.5 Å². The van der Waals surface area contributed by atoms with Gasteiger partial charge in [0.2, 0.25) is 0 Å². The third-order valence-electron chi connectivity index (χ3n) is 2.76. The highest BCUT2D eigenvalue weighted by Crippen LogP contribution is 2.14. The zero-order chi connectivity index (χ0) is 13.7. The third kappa shape index (κ3) is 3.80. The van der Waals surface area contributed by atoms with Crippen LogP contribution in [-0.2, 0) is 6.42 Å². The van der Waals surface area contributed by atoms with E-state index in [9.17, 15) is 10.1 Å². The van der Waals surface area contributed by atoms with Gasteiger partial charge >= 0.3 is 0 Å². The van der Waals surface area contributed by atoms with E-state index in [1.54, 1.807) is 12.3 Å². The van der Waals surface area contributed by atoms with Gasteiger partial charge in [-0.15, -0.1) is 0 Å². The Kier molecular flexibility index (Phi) is 4.12. The average molecular weight is 261 g/mol. The first-order valence-corrected chi connectivity index (χ1v) is 6.04. The normalized spacial score (nSPS) is 12.1. The lowest BCUT2D eigenvalue weighted by Crippen LogP contribution is -2.16. The summed E-state index contributed by atoms with van der Waals surface area (Å²) in [6.07, 6.45) is 4.65. The molecule has 0 aliphatic rings. The Morgan fingerprint density at radius 3 is 2.89 bits per heavy atom. The molecular formula is C13H15N3O3. The predicted molar refractivity (Wildman–Crippen MR) is 71.0 cm³/mol. The molecule has 6 nitrogen and oxygen atoms in total. The Bertz CT molecular complexity index is 523. The first-order chi connectivity index (χ1) is 9.15. The fourth-order valence-electron chi connectivity index (χ4n) is 1.72. The summed E-state index contributed by atoms with van der Waals surface area (Å²) in [4.78, 5) is 14.1. The van der Waals surface area contributed by atoms with Gasteiger partial charge in [-0.1, -0.05) is 0 Å². The number of pyridine rings is 1. The Morgan fingerprint density at radius 2 is 2.32 bits per heavy atom. The molecule has 0 aliphatic heterocycles. The zero-order valence-corrected chi connectivity index (χ0v) is 10.6. The molecule has 0 spiro atoms. The molecule has 19 heavy (non-hydrogen) atoms. The van der Waals surface area contributed by atoms with Crippen LogP contribution in [0.3, 0.4) is 0 Å². The molecule has 0 aromatic carbocycles. The highest BCUT2D eigenvalue weighted by atomic mass is 16.6. The summed E-state index contributed by atoms with van der Waals surface area (Å²) in [6.45, 7) is 2.03. The molecule has 0 bridgehead atoms. The SMILES string of the molecule is CC(CCc1ccco1)Nc1ccc([N+](=O)[O-])cn1. The van der Waals surface area contributed by atoms with Crippen molar-refractivity contribution in [3.8, 4) is 0 Å². The van der Waals surface area contributed by atoms with Gasteiger partial charge in [-0.2, -0.15) is 0 Å². The van der Waals surface area contributed by atoms with Crippen LogP contribution in [0.15, 0.2) is 41.1 Å². The van der Waals surface area contributed by atoms with Gasteiger partial charge in [-0.25, -0.2) is 4.98 Å². The number of hydrogen-bond donors (Lipinski definition) is 1. The second-order valence-corrected chi connectivity index (χ2v) is 4.32. The Labute approximate surface area is 110 Å². The van der Waals surface area contributed by atoms with Crippen LogP contribution in [-0.4, -0.2) is 15.9 Å². The van der Waals surface area contributed by atoms with Gasteiger partial charge in [-0.05, 0) is 31.5 Å². The molecule has 0 saturated heterocycles. The Hall–Kier alpha value is -2.37. The van der Waals surface area contributed by atoms with Crippen molar-refractivity contribution in [3.05, 3.63) is 52.6 Å². The highest BCUT2D eigenvalue weighted by Gasteiger charge is 2.08. The quantitative estimate of drug-likeness (QED) is 0.638. The number of nitro groups is 1. The average Bonchev–Trinajstić information content (AvgIpc) is 2.90. The van der Waals surface area contributed by atoms with Crippen molar-refractivity contribution in [3.63, 3.8) is 0 Å². The minimum absolute atomic E-state index is 0.00575. The summed E-state index contributed by atoms with van der Waals surface area (Å²) < 4.78 is 5.26. The standard InChI is InChI=1S/C13H15N3O3/c1-10(4-6-12-3-2-8-19-12)15-13-7-5-11(9-14-13)16(17)18/h2-3,5,7-10H,4,6H2,1H3,(H,14,15). The minimum Gasteiger partial charge on any atom is -0.469 e. The number of nitrogens with zero attached hydrogens (tertiary/aromatic N) is 2. The lowest BCUT2D eigenvalue weighted by atomic mass is 10.1. The van der Waals surface area contributed by atoms with E-state index < -0.39 is 4.92 Å². The number of furan rings is 1. The first kappa shape index (κ1) is 13.1. The van der Waals surface area contributed by atoms with Crippen LogP contribution in [0.25, 0.3) is 0 Å². The third-order valence-corrected chi connectivity index (χ3v) is 2.76. The molecular weight excluding hydrogens is 246 g/mol. The summed E-state index contributed by atoms with van der Waals surface area (Å²) in [5.41, 5.74) is -0.00575. The van der Waals surface area contributed by atoms with Crippen molar-refractivity contribution < 1.29 is 9.34 Å². The zero-order valence-electron chi connectivity index (χ0n) is 10.6. The van der Waals surface area contributed by atoms with Gasteiger partial charge in [0.1, 0.15) is 17.8 Å². The number of aryl methyl sites for hydroxylation is 1. The van der Waals surface area contributed by atoms with E-state index in [1.807, 2.05) is 19.1 Å². The largest absolute Gasteiger partial charge is 0.469 e. The number of rotatable bonds is 6. The molecule has 2 aromatic rings. The van der Waals surface area contributed by atoms with E-state index in [-0.39, 0.29) is 11.7 Å². The summed E-state index contributed by atoms with van der Waals surface area (Å²) in [6, 6.07) is 7.07. The molecule has 1 N–H and O–H groups in total. The minimum atomic E-state index is -0.461. The summed E-state index contributed by atoms with van der Waals surface area (Å²) in [5, 5.41) is 13.7. The van der Waals surface area contributed by atoms with Crippen molar-refractivity contribution in [2.45, 2.75) is 25.8 Å². The number of hydrogen-bond acceptors (Lipinski definition) is 5. The van der Waals surface area contributed by atoms with E-state index in [0.29, 0.717) is 5.82 Å². The number of anilines is 1. The second kappa shape index (κ2) is 5.99. The number of nitrogens with one attached hydrogen (secondary N) is 1. The molecule has 0 aliphatic carbocycles. The van der Waals surface area contributed by atoms with Gasteiger partial charge in [0.25, 0.3) is 5.69 Å². The molecule has 2 rings (SSSR count). The molecule has 1 unspecified atom stereocenters. The van der Waals surface area contributed by atoms with Crippen LogP contribution in [0.5, 0.6) is 0 Å². The summed E-state index contributed by atoms with van der Waals surface area (Å²) in [5.74, 6) is 1.59. The van der Waals surface area contributed by atoms with Crippen molar-refractivity contribution in [2.75, 3.05) is 5.32 Å². The van der Waals surface area contributed by atoms with E-state index in [1.165, 1.54) is 12.3 Å². The first-order valence-electron chi connectivity index (χ1n) is 6.04. The van der Waals surface area contributed by atoms with Crippen LogP contribution < -0.4 is 5.32 Å². The van der Waals surface area contributed by atoms with Crippen molar-refractivity contribution in [1.29, 1.82) is 0 Å². The fraction of sp³-hybridized carbons (Fsp3) is 0.308. The maximum Gasteiger partial charge on any atom is 0.287 e. The van der Waals surface area contributed by atoms with Gasteiger partial charge in [0.15, 0.2) is 0 Å². The van der Waals surface area contributed by atoms with Crippen LogP contribution in [0.4, 0.5) is 11.5 Å². The number of aromatic nitrogens is 1. The van der Waals surface area contributed by atoms with E-state index >= 15 is 0 Å². The molecule has 2 aromatic heterocycles. The summed E-state index contributed by atoms with van der Waals surface area (Å²) in [7, 11) is 0. The van der Waals surface area contributed by atoms with E-state index in [2.05, 4.69) is 10.3 Å². The molecule has 1 atom stereocenters. The van der Waals surface area contributed by atoms with Gasteiger partial charge < -0.3 is 9.73 Å². The molecule has 0 radical (unpaired) electrons. The smallest absolute Gasteiger partial charge is 0.287 e. The molecule has 0 fully saturated rings. The molecule has 0 amide bonds. The topological polar surface area (TPSA) is 81.2 Å². The Balaban J connectivity index is 1.84. The fourth-order valence-corrected chi connectivity index (χ4v) is 1.72. The van der Waals surface area contributed by atoms with E-state index in [0.717, 1.165) is 18.6 Å². The molecule has 6 heteroatoms. The highest BCUT2D eigenvalue weighted by molar-refractivity contribution is 5.40. The maximum absolute atomic E-state index is 10.5. The summed E-state index contributed by atoms with van der Waals surface area (Å²) >= 11 is 0. The van der Waals surface area contributed by atoms with Gasteiger partial charge in [0.05, 0.1) is 11.2 Å². The van der Waals surface area contributed by atoms with Crippen LogP contribution >= 0.6 is 0 Å². The molecule has 2 heterocycles. The van der Waals surface area contributed by atoms with Crippen molar-refractivity contribution in [2.24, 2.45) is 0 Å². The monoisotopic (exact) mass is 261 g/mol. The second-order valence-electron chi connectivity index (χ2n) is 4.32. The Morgan fingerprint density at radius 1 is 1.47 bits per heavy atom. The van der Waals surface area contributed by atoms with E-state index in [4.69, 9.17) is 4.42 Å². The molecule has 0 saturated carbocycles. The van der Waals surface area contributed by atoms with Crippen molar-refractivity contribution >= 4 is 11.5 Å². The molecule has 100 valence electrons. The van der Waals surface area contributed by atoms with Gasteiger partial charge in [-0.3, -0.25) is 10.1 Å². The lowest BCUT2D eigenvalue weighted by molar-refractivity contribution is -0.385. The van der Waals surface area contributed by atoms with Crippen LogP contribution in [0.2, 0.25) is 0 Å². The van der Waals surface area contributed by atoms with Crippen LogP contribution in [0.1, 0.15) is 19.1 Å². The lowest BCUT2D eigenvalue weighted by Gasteiger charge is -2.13. The maximum atomic E-state index is 10.5. The predicted octanol–water partition coefficient (Wildman–Crippen LogP) is 3.02.